The van der Waals surface area contributed by atoms with Crippen LogP contribution in [0.15, 0.2) is 42.5 Å². The highest BCUT2D eigenvalue weighted by Crippen LogP contribution is 2.47. The highest BCUT2D eigenvalue weighted by molar-refractivity contribution is 6.30. The molecule has 4 rings (SSSR count). The van der Waals surface area contributed by atoms with Gasteiger partial charge in [0.1, 0.15) is 17.3 Å². The van der Waals surface area contributed by atoms with Crippen LogP contribution in [-0.2, 0) is 4.79 Å². The quantitative estimate of drug-likeness (QED) is 0.596. The number of ether oxygens (including phenoxy) is 2. The summed E-state index contributed by atoms with van der Waals surface area (Å²) in [7, 11) is 0. The van der Waals surface area contributed by atoms with Crippen LogP contribution in [0.3, 0.4) is 0 Å². The fourth-order valence-electron chi connectivity index (χ4n) is 4.68. The van der Waals surface area contributed by atoms with Crippen molar-refractivity contribution in [1.82, 2.24) is 10.6 Å². The Hall–Kier alpha value is -2.80. The number of nitrogens with one attached hydrogen (secondary N) is 2. The molecule has 33 heavy (non-hydrogen) atoms. The predicted molar refractivity (Wildman–Crippen MR) is 123 cm³/mol. The average Bonchev–Trinajstić information content (AvgIpc) is 2.96. The van der Waals surface area contributed by atoms with Gasteiger partial charge in [0, 0.05) is 23.7 Å². The van der Waals surface area contributed by atoms with Crippen LogP contribution in [0.25, 0.3) is 0 Å². The SMILES string of the molecule is CC(C)Oc1ccc(C(=O)NC2C[C@H](NC(=O)COc3ccc(Cl)c(F)c3)C3CCC23)cc1. The minimum Gasteiger partial charge on any atom is -0.491 e. The van der Waals surface area contributed by atoms with Crippen molar-refractivity contribution in [2.45, 2.75) is 51.3 Å². The van der Waals surface area contributed by atoms with E-state index in [-0.39, 0.29) is 47.4 Å². The fourth-order valence-corrected chi connectivity index (χ4v) is 4.80. The number of halogens is 2. The van der Waals surface area contributed by atoms with Crippen LogP contribution in [0.2, 0.25) is 5.02 Å². The highest BCUT2D eigenvalue weighted by atomic mass is 35.5. The summed E-state index contributed by atoms with van der Waals surface area (Å²) in [6.45, 7) is 3.69. The zero-order valence-corrected chi connectivity index (χ0v) is 19.4. The van der Waals surface area contributed by atoms with Gasteiger partial charge in [0.25, 0.3) is 11.8 Å². The third-order valence-corrected chi connectivity index (χ3v) is 6.64. The molecule has 2 saturated carbocycles. The lowest BCUT2D eigenvalue weighted by atomic mass is 9.73. The van der Waals surface area contributed by atoms with Gasteiger partial charge in [0.05, 0.1) is 11.1 Å². The maximum Gasteiger partial charge on any atom is 0.258 e. The molecule has 0 spiro atoms. The lowest BCUT2D eigenvalue weighted by Crippen LogP contribution is -2.44. The fraction of sp³-hybridized carbons (Fsp3) is 0.440. The predicted octanol–water partition coefficient (Wildman–Crippen LogP) is 4.36. The van der Waals surface area contributed by atoms with E-state index in [1.54, 1.807) is 24.3 Å². The Morgan fingerprint density at radius 1 is 1.03 bits per heavy atom. The third kappa shape index (κ3) is 5.58. The Bertz CT molecular complexity index is 1010. The van der Waals surface area contributed by atoms with E-state index in [4.69, 9.17) is 21.1 Å². The Morgan fingerprint density at radius 3 is 2.27 bits per heavy atom. The van der Waals surface area contributed by atoms with Crippen LogP contribution < -0.4 is 20.1 Å². The highest BCUT2D eigenvalue weighted by Gasteiger charge is 2.49. The summed E-state index contributed by atoms with van der Waals surface area (Å²) >= 11 is 5.66. The van der Waals surface area contributed by atoms with Crippen LogP contribution in [0.5, 0.6) is 11.5 Å². The summed E-state index contributed by atoms with van der Waals surface area (Å²) < 4.78 is 24.5. The molecular weight excluding hydrogens is 447 g/mol. The molecule has 2 aliphatic carbocycles. The summed E-state index contributed by atoms with van der Waals surface area (Å²) in [5.74, 6) is 0.685. The van der Waals surface area contributed by atoms with Gasteiger partial charge >= 0.3 is 0 Å². The van der Waals surface area contributed by atoms with Crippen molar-refractivity contribution in [3.05, 3.63) is 58.9 Å². The first-order valence-corrected chi connectivity index (χ1v) is 11.6. The molecule has 2 amide bonds. The number of carbonyl (C=O) groups is 2. The first-order valence-electron chi connectivity index (χ1n) is 11.2. The van der Waals surface area contributed by atoms with E-state index < -0.39 is 5.82 Å². The number of rotatable bonds is 8. The van der Waals surface area contributed by atoms with Gasteiger partial charge in [-0.2, -0.15) is 0 Å². The maximum absolute atomic E-state index is 13.5. The van der Waals surface area contributed by atoms with Crippen LogP contribution in [0.1, 0.15) is 43.5 Å². The molecular formula is C25H28ClFN2O4. The summed E-state index contributed by atoms with van der Waals surface area (Å²) in [5, 5.41) is 6.17. The summed E-state index contributed by atoms with van der Waals surface area (Å²) in [6, 6.07) is 11.2. The minimum atomic E-state index is -0.594. The second kappa shape index (κ2) is 10.00. The zero-order valence-electron chi connectivity index (χ0n) is 18.6. The molecule has 0 aromatic heterocycles. The number of hydrogen-bond donors (Lipinski definition) is 2. The van der Waals surface area contributed by atoms with Crippen molar-refractivity contribution < 1.29 is 23.5 Å². The Labute approximate surface area is 197 Å². The maximum atomic E-state index is 13.5. The minimum absolute atomic E-state index is 0.00158. The zero-order chi connectivity index (χ0) is 23.5. The van der Waals surface area contributed by atoms with Crippen molar-refractivity contribution >= 4 is 23.4 Å². The number of carbonyl (C=O) groups excluding carboxylic acids is 2. The van der Waals surface area contributed by atoms with Gasteiger partial charge in [0.2, 0.25) is 0 Å². The first kappa shape index (κ1) is 23.4. The van der Waals surface area contributed by atoms with Gasteiger partial charge in [-0.25, -0.2) is 4.39 Å². The molecule has 6 nitrogen and oxygen atoms in total. The number of amides is 2. The molecule has 3 unspecified atom stereocenters. The van der Waals surface area contributed by atoms with E-state index in [0.29, 0.717) is 23.8 Å². The van der Waals surface area contributed by atoms with Gasteiger partial charge in [-0.05, 0) is 81.3 Å². The Kier molecular flexibility index (Phi) is 7.08. The van der Waals surface area contributed by atoms with Gasteiger partial charge in [-0.15, -0.1) is 0 Å². The van der Waals surface area contributed by atoms with E-state index in [2.05, 4.69) is 10.6 Å². The monoisotopic (exact) mass is 474 g/mol. The van der Waals surface area contributed by atoms with Gasteiger partial charge < -0.3 is 20.1 Å². The molecule has 2 aliphatic rings. The summed E-state index contributed by atoms with van der Waals surface area (Å²) in [5.41, 5.74) is 0.582. The van der Waals surface area contributed by atoms with Crippen molar-refractivity contribution in [1.29, 1.82) is 0 Å². The first-order chi connectivity index (χ1) is 15.8. The lowest BCUT2D eigenvalue weighted by Gasteiger charge is -2.36. The van der Waals surface area contributed by atoms with E-state index >= 15 is 0 Å². The van der Waals surface area contributed by atoms with Crippen LogP contribution in [0, 0.1) is 17.7 Å². The van der Waals surface area contributed by atoms with Crippen molar-refractivity contribution in [2.75, 3.05) is 6.61 Å². The smallest absolute Gasteiger partial charge is 0.258 e. The third-order valence-electron chi connectivity index (χ3n) is 6.34. The second-order valence-corrected chi connectivity index (χ2v) is 9.36. The summed E-state index contributed by atoms with van der Waals surface area (Å²) in [4.78, 5) is 25.2. The van der Waals surface area contributed by atoms with Crippen LogP contribution in [0.4, 0.5) is 4.39 Å². The van der Waals surface area contributed by atoms with E-state index in [1.807, 2.05) is 13.8 Å². The molecule has 2 N–H and O–H groups in total. The van der Waals surface area contributed by atoms with Gasteiger partial charge in [0.15, 0.2) is 6.61 Å². The van der Waals surface area contributed by atoms with E-state index in [9.17, 15) is 14.0 Å². The molecule has 0 bridgehead atoms. The van der Waals surface area contributed by atoms with Crippen molar-refractivity contribution in [3.8, 4) is 11.5 Å². The molecule has 176 valence electrons. The molecule has 2 aromatic rings. The van der Waals surface area contributed by atoms with E-state index in [1.165, 1.54) is 12.1 Å². The normalized spacial score (nSPS) is 23.4. The molecule has 0 heterocycles. The van der Waals surface area contributed by atoms with Gasteiger partial charge in [-0.1, -0.05) is 11.6 Å². The van der Waals surface area contributed by atoms with Crippen LogP contribution >= 0.6 is 11.6 Å². The molecule has 8 heteroatoms. The molecule has 0 aliphatic heterocycles. The Morgan fingerprint density at radius 2 is 1.67 bits per heavy atom. The Balaban J connectivity index is 1.28. The van der Waals surface area contributed by atoms with Crippen molar-refractivity contribution in [3.63, 3.8) is 0 Å². The number of benzene rings is 2. The molecule has 0 radical (unpaired) electrons. The van der Waals surface area contributed by atoms with E-state index in [0.717, 1.165) is 24.7 Å². The number of hydrogen-bond acceptors (Lipinski definition) is 4. The molecule has 0 saturated heterocycles. The average molecular weight is 475 g/mol. The topological polar surface area (TPSA) is 76.7 Å². The van der Waals surface area contributed by atoms with Gasteiger partial charge in [-0.3, -0.25) is 9.59 Å². The van der Waals surface area contributed by atoms with Crippen molar-refractivity contribution in [2.24, 2.45) is 11.8 Å². The molecule has 2 fully saturated rings. The number of fused-ring (bicyclic) bond motifs is 1. The lowest BCUT2D eigenvalue weighted by molar-refractivity contribution is -0.124. The molecule has 4 atom stereocenters. The summed E-state index contributed by atoms with van der Waals surface area (Å²) in [6.07, 6.45) is 2.80. The largest absolute Gasteiger partial charge is 0.491 e. The van der Waals surface area contributed by atoms with Crippen LogP contribution in [-0.4, -0.2) is 36.6 Å². The standard InChI is InChI=1S/C25H28ClFN2O4/c1-14(2)33-16-5-3-15(4-6-16)25(31)29-23-12-22(18-8-9-19(18)23)28-24(30)13-32-17-7-10-20(26)21(27)11-17/h3-7,10-11,14,18-19,22-23H,8-9,12-13H2,1-2H3,(H,28,30)(H,29,31)/t18?,19?,22-,23?/m0/s1. The molecule has 2 aromatic carbocycles. The second-order valence-electron chi connectivity index (χ2n) is 8.95.